The van der Waals surface area contributed by atoms with E-state index < -0.39 is 0 Å². The Bertz CT molecular complexity index is 674. The van der Waals surface area contributed by atoms with Crippen LogP contribution in [0.15, 0.2) is 60.7 Å². The fourth-order valence-corrected chi connectivity index (χ4v) is 4.14. The first-order valence-electron chi connectivity index (χ1n) is 10.4. The topological polar surface area (TPSA) is 12.0 Å². The lowest BCUT2D eigenvalue weighted by Crippen LogP contribution is -2.15. The molecule has 1 nitrogen and oxygen atoms in total. The van der Waals surface area contributed by atoms with Gasteiger partial charge in [0.15, 0.2) is 0 Å². The molecule has 0 amide bonds. The monoisotopic (exact) mass is 347 g/mol. The first-order valence-corrected chi connectivity index (χ1v) is 10.4. The zero-order chi connectivity index (χ0) is 18.0. The van der Waals surface area contributed by atoms with Crippen molar-refractivity contribution in [2.75, 3.05) is 11.9 Å². The fourth-order valence-electron chi connectivity index (χ4n) is 4.14. The second-order valence-electron chi connectivity index (χ2n) is 7.74. The van der Waals surface area contributed by atoms with Crippen molar-refractivity contribution in [3.63, 3.8) is 0 Å². The van der Waals surface area contributed by atoms with Gasteiger partial charge in [-0.3, -0.25) is 0 Å². The number of nitrogens with one attached hydrogen (secondary N) is 1. The van der Waals surface area contributed by atoms with E-state index in [1.807, 2.05) is 0 Å². The molecule has 0 fully saturated rings. The Balaban J connectivity index is 1.48. The van der Waals surface area contributed by atoms with Crippen LogP contribution in [0.4, 0.5) is 5.69 Å². The molecular formula is C25H33N. The quantitative estimate of drug-likeness (QED) is 0.557. The van der Waals surface area contributed by atoms with E-state index in [-0.39, 0.29) is 0 Å². The van der Waals surface area contributed by atoms with Gasteiger partial charge >= 0.3 is 0 Å². The van der Waals surface area contributed by atoms with Gasteiger partial charge in [0.05, 0.1) is 0 Å². The highest BCUT2D eigenvalue weighted by atomic mass is 14.9. The van der Waals surface area contributed by atoms with Crippen molar-refractivity contribution < 1.29 is 0 Å². The van der Waals surface area contributed by atoms with Crippen LogP contribution < -0.4 is 5.32 Å². The van der Waals surface area contributed by atoms with Gasteiger partial charge in [0, 0.05) is 12.2 Å². The average molecular weight is 348 g/mol. The van der Waals surface area contributed by atoms with Crippen molar-refractivity contribution in [2.45, 2.75) is 51.9 Å². The average Bonchev–Trinajstić information content (AvgIpc) is 2.69. The number of aryl methyl sites for hydroxylation is 1. The minimum Gasteiger partial charge on any atom is -0.385 e. The first kappa shape index (κ1) is 18.8. The van der Waals surface area contributed by atoms with Crippen LogP contribution in [0.25, 0.3) is 6.08 Å². The molecule has 0 saturated heterocycles. The van der Waals surface area contributed by atoms with Gasteiger partial charge in [-0.2, -0.15) is 0 Å². The molecule has 26 heavy (non-hydrogen) atoms. The van der Waals surface area contributed by atoms with Gasteiger partial charge in [-0.05, 0) is 80.0 Å². The van der Waals surface area contributed by atoms with E-state index in [9.17, 15) is 0 Å². The number of para-hydroxylation sites is 1. The third kappa shape index (κ3) is 5.76. The summed E-state index contributed by atoms with van der Waals surface area (Å²) < 4.78 is 0. The van der Waals surface area contributed by atoms with Crippen LogP contribution in [0.3, 0.4) is 0 Å². The predicted molar refractivity (Wildman–Crippen MR) is 114 cm³/mol. The lowest BCUT2D eigenvalue weighted by molar-refractivity contribution is 0.291. The summed E-state index contributed by atoms with van der Waals surface area (Å²) in [5, 5.41) is 3.55. The summed E-state index contributed by atoms with van der Waals surface area (Å²) in [6.07, 6.45) is 13.7. The highest BCUT2D eigenvalue weighted by Gasteiger charge is 2.17. The Kier molecular flexibility index (Phi) is 7.37. The predicted octanol–water partition coefficient (Wildman–Crippen LogP) is 6.96. The second-order valence-corrected chi connectivity index (χ2v) is 7.74. The highest BCUT2D eigenvalue weighted by molar-refractivity contribution is 5.53. The fraction of sp³-hybridized carbons (Fsp3) is 0.440. The molecule has 0 saturated carbocycles. The SMILES string of the molecule is CC(CCCNc1ccccc1)C1CCC/C=C\c2ccccc2CC1. The van der Waals surface area contributed by atoms with E-state index in [0.29, 0.717) is 0 Å². The zero-order valence-corrected chi connectivity index (χ0v) is 16.2. The van der Waals surface area contributed by atoms with E-state index in [1.54, 1.807) is 0 Å². The lowest BCUT2D eigenvalue weighted by atomic mass is 9.81. The van der Waals surface area contributed by atoms with Crippen molar-refractivity contribution in [3.05, 3.63) is 71.8 Å². The number of hydrogen-bond acceptors (Lipinski definition) is 1. The molecule has 0 radical (unpaired) electrons. The van der Waals surface area contributed by atoms with Crippen LogP contribution in [-0.2, 0) is 6.42 Å². The van der Waals surface area contributed by atoms with Crippen molar-refractivity contribution in [3.8, 4) is 0 Å². The molecule has 2 atom stereocenters. The van der Waals surface area contributed by atoms with Gasteiger partial charge in [-0.25, -0.2) is 0 Å². The second kappa shape index (κ2) is 10.2. The maximum atomic E-state index is 3.55. The van der Waals surface area contributed by atoms with Gasteiger partial charge < -0.3 is 5.32 Å². The molecule has 138 valence electrons. The Morgan fingerprint density at radius 3 is 2.69 bits per heavy atom. The molecule has 0 aromatic heterocycles. The van der Waals surface area contributed by atoms with Crippen LogP contribution >= 0.6 is 0 Å². The van der Waals surface area contributed by atoms with Gasteiger partial charge in [0.1, 0.15) is 0 Å². The van der Waals surface area contributed by atoms with Crippen molar-refractivity contribution in [1.29, 1.82) is 0 Å². The summed E-state index contributed by atoms with van der Waals surface area (Å²) in [6, 6.07) is 19.5. The highest BCUT2D eigenvalue weighted by Crippen LogP contribution is 2.29. The van der Waals surface area contributed by atoms with Gasteiger partial charge in [-0.1, -0.05) is 61.5 Å². The van der Waals surface area contributed by atoms with Crippen molar-refractivity contribution in [2.24, 2.45) is 11.8 Å². The van der Waals surface area contributed by atoms with Crippen molar-refractivity contribution >= 4 is 11.8 Å². The lowest BCUT2D eigenvalue weighted by Gasteiger charge is -2.25. The standard InChI is InChI=1S/C25H33N/c1-21(11-10-20-26-25-16-6-3-7-17-25)22-12-4-2-5-13-23-14-8-9-15-24(23)19-18-22/h3,5-9,13-17,21-22,26H,2,4,10-12,18-20H2,1H3/b13-5-. The molecule has 1 N–H and O–H groups in total. The molecule has 2 aromatic carbocycles. The number of benzene rings is 2. The van der Waals surface area contributed by atoms with Crippen LogP contribution in [0.2, 0.25) is 0 Å². The minimum absolute atomic E-state index is 0.808. The van der Waals surface area contributed by atoms with Crippen LogP contribution in [0.1, 0.15) is 56.6 Å². The maximum Gasteiger partial charge on any atom is 0.0340 e. The largest absolute Gasteiger partial charge is 0.385 e. The summed E-state index contributed by atoms with van der Waals surface area (Å²) in [6.45, 7) is 3.55. The number of hydrogen-bond donors (Lipinski definition) is 1. The molecule has 1 heteroatoms. The number of anilines is 1. The van der Waals surface area contributed by atoms with Crippen LogP contribution in [0.5, 0.6) is 0 Å². The molecule has 1 aliphatic rings. The molecule has 0 bridgehead atoms. The van der Waals surface area contributed by atoms with E-state index in [1.165, 1.54) is 61.8 Å². The Labute approximate surface area is 159 Å². The summed E-state index contributed by atoms with van der Waals surface area (Å²) in [4.78, 5) is 0. The van der Waals surface area contributed by atoms with Crippen molar-refractivity contribution in [1.82, 2.24) is 0 Å². The molecule has 0 aliphatic heterocycles. The van der Waals surface area contributed by atoms with Gasteiger partial charge in [0.25, 0.3) is 0 Å². The van der Waals surface area contributed by atoms with E-state index in [4.69, 9.17) is 0 Å². The van der Waals surface area contributed by atoms with E-state index in [0.717, 1.165) is 18.4 Å². The molecular weight excluding hydrogens is 314 g/mol. The van der Waals surface area contributed by atoms with Crippen LogP contribution in [0, 0.1) is 11.8 Å². The molecule has 2 aromatic rings. The van der Waals surface area contributed by atoms with Gasteiger partial charge in [-0.15, -0.1) is 0 Å². The minimum atomic E-state index is 0.808. The van der Waals surface area contributed by atoms with E-state index in [2.05, 4.69) is 79.0 Å². The summed E-state index contributed by atoms with van der Waals surface area (Å²) >= 11 is 0. The maximum absolute atomic E-state index is 3.55. The number of rotatable bonds is 6. The molecule has 0 heterocycles. The van der Waals surface area contributed by atoms with Crippen LogP contribution in [-0.4, -0.2) is 6.54 Å². The first-order chi connectivity index (χ1) is 12.8. The van der Waals surface area contributed by atoms with E-state index >= 15 is 0 Å². The van der Waals surface area contributed by atoms with Gasteiger partial charge in [0.2, 0.25) is 0 Å². The normalized spacial score (nSPS) is 20.0. The number of allylic oxidation sites excluding steroid dienone is 1. The Hall–Kier alpha value is -2.02. The zero-order valence-electron chi connectivity index (χ0n) is 16.2. The molecule has 1 aliphatic carbocycles. The third-order valence-electron chi connectivity index (χ3n) is 5.83. The summed E-state index contributed by atoms with van der Waals surface area (Å²) in [7, 11) is 0. The summed E-state index contributed by atoms with van der Waals surface area (Å²) in [5.74, 6) is 1.66. The molecule has 2 unspecified atom stereocenters. The smallest absolute Gasteiger partial charge is 0.0340 e. The molecule has 0 spiro atoms. The molecule has 3 rings (SSSR count). The Morgan fingerprint density at radius 1 is 1.00 bits per heavy atom. The number of fused-ring (bicyclic) bond motifs is 1. The summed E-state index contributed by atoms with van der Waals surface area (Å²) in [5.41, 5.74) is 4.18. The third-order valence-corrected chi connectivity index (χ3v) is 5.83. The Morgan fingerprint density at radius 2 is 1.81 bits per heavy atom.